The van der Waals surface area contributed by atoms with E-state index in [1.807, 2.05) is 36.4 Å². The summed E-state index contributed by atoms with van der Waals surface area (Å²) in [7, 11) is 0. The topological polar surface area (TPSA) is 57.0 Å². The number of esters is 1. The third kappa shape index (κ3) is 6.69. The molecule has 5 aromatic rings. The zero-order valence-corrected chi connectivity index (χ0v) is 22.0. The molecule has 0 unspecified atom stereocenters. The van der Waals surface area contributed by atoms with Crippen LogP contribution in [0.3, 0.4) is 0 Å². The largest absolute Gasteiger partial charge is 0.461 e. The van der Waals surface area contributed by atoms with Gasteiger partial charge in [-0.15, -0.1) is 0 Å². The number of hydrogen-bond donors (Lipinski definition) is 0. The Labute approximate surface area is 233 Å². The number of aryl methyl sites for hydroxylation is 1. The van der Waals surface area contributed by atoms with Crippen LogP contribution in [0.2, 0.25) is 0 Å². The molecular formula is C34H28FN3O2. The smallest absolute Gasteiger partial charge is 0.338 e. The summed E-state index contributed by atoms with van der Waals surface area (Å²) in [5.74, 6) is 6.26. The van der Waals surface area contributed by atoms with E-state index in [2.05, 4.69) is 33.5 Å². The molecule has 0 atom stereocenters. The Morgan fingerprint density at radius 2 is 1.55 bits per heavy atom. The second kappa shape index (κ2) is 13.2. The van der Waals surface area contributed by atoms with Crippen LogP contribution in [0, 0.1) is 17.7 Å². The average Bonchev–Trinajstić information content (AvgIpc) is 3.36. The quantitative estimate of drug-likeness (QED) is 0.117. The number of hydrogen-bond acceptors (Lipinski definition) is 4. The molecule has 2 heterocycles. The maximum Gasteiger partial charge on any atom is 0.338 e. The summed E-state index contributed by atoms with van der Waals surface area (Å²) in [5.41, 5.74) is 5.16. The van der Waals surface area contributed by atoms with Gasteiger partial charge in [-0.25, -0.2) is 14.2 Å². The van der Waals surface area contributed by atoms with Crippen molar-refractivity contribution in [2.75, 3.05) is 6.61 Å². The lowest BCUT2D eigenvalue weighted by Crippen LogP contribution is -2.06. The fraction of sp³-hybridized carbons (Fsp3) is 0.147. The zero-order chi connectivity index (χ0) is 27.6. The van der Waals surface area contributed by atoms with Gasteiger partial charge in [0.25, 0.3) is 0 Å². The number of aromatic nitrogens is 3. The van der Waals surface area contributed by atoms with E-state index < -0.39 is 0 Å². The first-order valence-electron chi connectivity index (χ1n) is 13.2. The van der Waals surface area contributed by atoms with Crippen LogP contribution < -0.4 is 0 Å². The molecule has 2 aromatic heterocycles. The highest BCUT2D eigenvalue weighted by Gasteiger charge is 2.19. The van der Waals surface area contributed by atoms with Crippen molar-refractivity contribution in [2.45, 2.75) is 25.8 Å². The molecule has 5 rings (SSSR count). The maximum absolute atomic E-state index is 13.8. The molecule has 0 aliphatic carbocycles. The number of ether oxygens (including phenoxy) is 1. The molecule has 0 aliphatic rings. The molecule has 40 heavy (non-hydrogen) atoms. The van der Waals surface area contributed by atoms with Gasteiger partial charge < -0.3 is 9.30 Å². The molecule has 0 saturated carbocycles. The molecule has 0 fully saturated rings. The number of pyridine rings is 1. The lowest BCUT2D eigenvalue weighted by atomic mass is 10.1. The molecule has 3 aromatic carbocycles. The lowest BCUT2D eigenvalue weighted by molar-refractivity contribution is 0.0513. The van der Waals surface area contributed by atoms with Crippen molar-refractivity contribution in [3.05, 3.63) is 132 Å². The standard InChI is InChI=1S/C34H28FN3O2/c35-30-18-16-27(17-19-30)32-33(28-20-22-36-23-21-28)38(24-9-12-26-10-3-1-4-11-26)31(37-32)15-7-8-25-40-34(39)29-13-5-2-6-14-29/h1-6,10-11,13-14,16-23H,8-9,12,24-25H2. The van der Waals surface area contributed by atoms with Gasteiger partial charge >= 0.3 is 5.97 Å². The van der Waals surface area contributed by atoms with E-state index in [0.717, 1.165) is 35.4 Å². The third-order valence-electron chi connectivity index (χ3n) is 6.40. The lowest BCUT2D eigenvalue weighted by Gasteiger charge is -2.12. The fourth-order valence-electron chi connectivity index (χ4n) is 4.46. The van der Waals surface area contributed by atoms with Gasteiger partial charge in [0, 0.05) is 36.5 Å². The van der Waals surface area contributed by atoms with Crippen LogP contribution in [0.15, 0.2) is 109 Å². The van der Waals surface area contributed by atoms with Crippen molar-refractivity contribution in [3.63, 3.8) is 0 Å². The molecular weight excluding hydrogens is 501 g/mol. The zero-order valence-electron chi connectivity index (χ0n) is 22.0. The highest BCUT2D eigenvalue weighted by Crippen LogP contribution is 2.33. The van der Waals surface area contributed by atoms with Crippen LogP contribution in [0.1, 0.15) is 34.6 Å². The minimum atomic E-state index is -0.372. The molecule has 0 radical (unpaired) electrons. The van der Waals surface area contributed by atoms with E-state index in [4.69, 9.17) is 9.72 Å². The molecule has 5 nitrogen and oxygen atoms in total. The summed E-state index contributed by atoms with van der Waals surface area (Å²) in [4.78, 5) is 21.3. The van der Waals surface area contributed by atoms with Gasteiger partial charge in [-0.1, -0.05) is 54.5 Å². The summed E-state index contributed by atoms with van der Waals surface area (Å²) >= 11 is 0. The highest BCUT2D eigenvalue weighted by atomic mass is 19.1. The number of carbonyl (C=O) groups excluding carboxylic acids is 1. The summed E-state index contributed by atoms with van der Waals surface area (Å²) in [6.07, 6.45) is 5.65. The summed E-state index contributed by atoms with van der Waals surface area (Å²) < 4.78 is 21.3. The molecule has 6 heteroatoms. The monoisotopic (exact) mass is 529 g/mol. The van der Waals surface area contributed by atoms with Crippen LogP contribution in [0.5, 0.6) is 0 Å². The van der Waals surface area contributed by atoms with Crippen LogP contribution in [0.4, 0.5) is 4.39 Å². The summed E-state index contributed by atoms with van der Waals surface area (Å²) in [6, 6.07) is 29.5. The fourth-order valence-corrected chi connectivity index (χ4v) is 4.46. The van der Waals surface area contributed by atoms with E-state index in [9.17, 15) is 9.18 Å². The van der Waals surface area contributed by atoms with Gasteiger partial charge in [0.15, 0.2) is 5.82 Å². The third-order valence-corrected chi connectivity index (χ3v) is 6.40. The van der Waals surface area contributed by atoms with E-state index in [1.54, 1.807) is 48.8 Å². The summed E-state index contributed by atoms with van der Waals surface area (Å²) in [6.45, 7) is 0.866. The molecule has 0 bridgehead atoms. The minimum Gasteiger partial charge on any atom is -0.461 e. The number of benzene rings is 3. The Kier molecular flexibility index (Phi) is 8.75. The van der Waals surface area contributed by atoms with Crippen molar-refractivity contribution in [3.8, 4) is 34.4 Å². The predicted molar refractivity (Wildman–Crippen MR) is 154 cm³/mol. The summed E-state index contributed by atoms with van der Waals surface area (Å²) in [5, 5.41) is 0. The Bertz CT molecular complexity index is 1600. The van der Waals surface area contributed by atoms with E-state index >= 15 is 0 Å². The van der Waals surface area contributed by atoms with Crippen LogP contribution in [-0.4, -0.2) is 27.1 Å². The average molecular weight is 530 g/mol. The molecule has 0 saturated heterocycles. The van der Waals surface area contributed by atoms with Gasteiger partial charge in [0.1, 0.15) is 12.4 Å². The second-order valence-corrected chi connectivity index (χ2v) is 9.17. The number of carbonyl (C=O) groups is 1. The maximum atomic E-state index is 13.8. The Morgan fingerprint density at radius 1 is 0.850 bits per heavy atom. The SMILES string of the molecule is O=C(OCCC#Cc1nc(-c2ccc(F)cc2)c(-c2ccncc2)n1CCCc1ccccc1)c1ccccc1. The molecule has 0 spiro atoms. The van der Waals surface area contributed by atoms with Gasteiger partial charge in [-0.3, -0.25) is 4.98 Å². The van der Waals surface area contributed by atoms with Crippen LogP contribution in [-0.2, 0) is 17.7 Å². The van der Waals surface area contributed by atoms with Crippen molar-refractivity contribution in [1.82, 2.24) is 14.5 Å². The normalized spacial score (nSPS) is 10.5. The van der Waals surface area contributed by atoms with Gasteiger partial charge in [-0.2, -0.15) is 0 Å². The minimum absolute atomic E-state index is 0.178. The van der Waals surface area contributed by atoms with E-state index in [1.165, 1.54) is 17.7 Å². The number of nitrogens with zero attached hydrogens (tertiary/aromatic N) is 3. The second-order valence-electron chi connectivity index (χ2n) is 9.17. The van der Waals surface area contributed by atoms with Gasteiger partial charge in [0.2, 0.25) is 0 Å². The predicted octanol–water partition coefficient (Wildman–Crippen LogP) is 6.98. The highest BCUT2D eigenvalue weighted by molar-refractivity contribution is 5.89. The number of halogens is 1. The molecule has 0 amide bonds. The van der Waals surface area contributed by atoms with Crippen molar-refractivity contribution in [2.24, 2.45) is 0 Å². The van der Waals surface area contributed by atoms with Crippen LogP contribution in [0.25, 0.3) is 22.5 Å². The first kappa shape index (κ1) is 26.6. The molecule has 198 valence electrons. The Morgan fingerprint density at radius 3 is 2.27 bits per heavy atom. The van der Waals surface area contributed by atoms with Crippen LogP contribution >= 0.6 is 0 Å². The Balaban J connectivity index is 1.43. The first-order valence-corrected chi connectivity index (χ1v) is 13.2. The number of rotatable bonds is 9. The van der Waals surface area contributed by atoms with E-state index in [0.29, 0.717) is 24.4 Å². The van der Waals surface area contributed by atoms with E-state index in [-0.39, 0.29) is 18.4 Å². The Hall–Kier alpha value is -5.02. The van der Waals surface area contributed by atoms with Gasteiger partial charge in [0.05, 0.1) is 17.0 Å². The molecule has 0 aliphatic heterocycles. The van der Waals surface area contributed by atoms with Crippen molar-refractivity contribution < 1.29 is 13.9 Å². The van der Waals surface area contributed by atoms with Crippen molar-refractivity contribution in [1.29, 1.82) is 0 Å². The number of imidazole rings is 1. The molecule has 0 N–H and O–H groups in total. The van der Waals surface area contributed by atoms with Gasteiger partial charge in [-0.05, 0) is 72.9 Å². The van der Waals surface area contributed by atoms with Crippen molar-refractivity contribution >= 4 is 5.97 Å². The first-order chi connectivity index (χ1) is 19.7.